The summed E-state index contributed by atoms with van der Waals surface area (Å²) in [5, 5.41) is 10.7. The second-order valence-corrected chi connectivity index (χ2v) is 6.04. The van der Waals surface area contributed by atoms with E-state index in [0.717, 1.165) is 54.3 Å². The Morgan fingerprint density at radius 1 is 1.04 bits per heavy atom. The molecule has 1 N–H and O–H groups in total. The normalized spacial score (nSPS) is 15.1. The molecule has 124 valence electrons. The molecule has 3 aromatic rings. The van der Waals surface area contributed by atoms with Crippen molar-refractivity contribution in [1.29, 1.82) is 0 Å². The molecule has 0 bridgehead atoms. The molecule has 1 aliphatic heterocycles. The van der Waals surface area contributed by atoms with Crippen LogP contribution < -0.4 is 4.90 Å². The van der Waals surface area contributed by atoms with Gasteiger partial charge >= 0.3 is 0 Å². The van der Waals surface area contributed by atoms with Crippen molar-refractivity contribution in [2.45, 2.75) is 13.2 Å². The molecule has 2 aromatic heterocycles. The molecule has 5 heteroatoms. The summed E-state index contributed by atoms with van der Waals surface area (Å²) in [7, 11) is 0. The molecule has 0 radical (unpaired) electrons. The molecule has 1 saturated heterocycles. The number of fused-ring (bicyclic) bond motifs is 1. The fourth-order valence-corrected chi connectivity index (χ4v) is 3.28. The van der Waals surface area contributed by atoms with Gasteiger partial charge in [-0.3, -0.25) is 0 Å². The van der Waals surface area contributed by atoms with Gasteiger partial charge in [0.25, 0.3) is 0 Å². The predicted molar refractivity (Wildman–Crippen MR) is 94.2 cm³/mol. The third-order valence-corrected chi connectivity index (χ3v) is 4.50. The van der Waals surface area contributed by atoms with Crippen molar-refractivity contribution in [1.82, 2.24) is 9.55 Å². The molecule has 0 atom stereocenters. The SMILES string of the molecule is OCc1cn(Cc2cccc(N3CCOCC3)n2)c2ccccc12. The quantitative estimate of drug-likeness (QED) is 0.801. The molecule has 3 heterocycles. The van der Waals surface area contributed by atoms with Gasteiger partial charge in [-0.2, -0.15) is 0 Å². The van der Waals surface area contributed by atoms with Gasteiger partial charge in [0.05, 0.1) is 32.1 Å². The zero-order valence-corrected chi connectivity index (χ0v) is 13.6. The van der Waals surface area contributed by atoms with Crippen LogP contribution in [0.1, 0.15) is 11.3 Å². The Hall–Kier alpha value is -2.37. The van der Waals surface area contributed by atoms with Crippen LogP contribution in [0.15, 0.2) is 48.7 Å². The zero-order chi connectivity index (χ0) is 16.4. The van der Waals surface area contributed by atoms with E-state index >= 15 is 0 Å². The van der Waals surface area contributed by atoms with Crippen molar-refractivity contribution in [3.05, 3.63) is 59.9 Å². The van der Waals surface area contributed by atoms with Gasteiger partial charge in [-0.15, -0.1) is 0 Å². The molecule has 0 amide bonds. The van der Waals surface area contributed by atoms with Crippen molar-refractivity contribution in [3.63, 3.8) is 0 Å². The van der Waals surface area contributed by atoms with Crippen LogP contribution in [-0.4, -0.2) is 41.0 Å². The molecule has 0 aliphatic carbocycles. The number of pyridine rings is 1. The number of benzene rings is 1. The predicted octanol–water partition coefficient (Wildman–Crippen LogP) is 2.41. The lowest BCUT2D eigenvalue weighted by molar-refractivity contribution is 0.122. The summed E-state index contributed by atoms with van der Waals surface area (Å²) in [6.07, 6.45) is 2.02. The number of nitrogens with zero attached hydrogens (tertiary/aromatic N) is 3. The summed E-state index contributed by atoms with van der Waals surface area (Å²) in [5.74, 6) is 1.01. The number of hydrogen-bond acceptors (Lipinski definition) is 4. The van der Waals surface area contributed by atoms with Crippen molar-refractivity contribution >= 4 is 16.7 Å². The minimum absolute atomic E-state index is 0.0504. The Balaban J connectivity index is 1.64. The number of rotatable bonds is 4. The van der Waals surface area contributed by atoms with Gasteiger partial charge in [-0.1, -0.05) is 24.3 Å². The number of anilines is 1. The van der Waals surface area contributed by atoms with Crippen LogP contribution in [0.3, 0.4) is 0 Å². The van der Waals surface area contributed by atoms with Gasteiger partial charge in [0, 0.05) is 35.8 Å². The van der Waals surface area contributed by atoms with E-state index in [1.54, 1.807) is 0 Å². The molecule has 0 spiro atoms. The van der Waals surface area contributed by atoms with E-state index in [1.807, 2.05) is 18.3 Å². The average molecular weight is 323 g/mol. The molecule has 0 unspecified atom stereocenters. The summed E-state index contributed by atoms with van der Waals surface area (Å²) >= 11 is 0. The summed E-state index contributed by atoms with van der Waals surface area (Å²) in [5.41, 5.74) is 3.10. The first kappa shape index (κ1) is 15.2. The second-order valence-electron chi connectivity index (χ2n) is 6.04. The van der Waals surface area contributed by atoms with Crippen molar-refractivity contribution < 1.29 is 9.84 Å². The maximum Gasteiger partial charge on any atom is 0.129 e. The van der Waals surface area contributed by atoms with Gasteiger partial charge < -0.3 is 19.3 Å². The maximum atomic E-state index is 9.58. The van der Waals surface area contributed by atoms with E-state index in [1.165, 1.54) is 0 Å². The van der Waals surface area contributed by atoms with Crippen molar-refractivity contribution in [3.8, 4) is 0 Å². The Kier molecular flexibility index (Phi) is 4.19. The highest BCUT2D eigenvalue weighted by atomic mass is 16.5. The minimum atomic E-state index is 0.0504. The fourth-order valence-electron chi connectivity index (χ4n) is 3.28. The second kappa shape index (κ2) is 6.63. The Morgan fingerprint density at radius 2 is 1.88 bits per heavy atom. The van der Waals surface area contributed by atoms with E-state index in [-0.39, 0.29) is 6.61 Å². The summed E-state index contributed by atoms with van der Waals surface area (Å²) < 4.78 is 7.57. The van der Waals surface area contributed by atoms with Crippen LogP contribution >= 0.6 is 0 Å². The minimum Gasteiger partial charge on any atom is -0.392 e. The molecule has 0 saturated carbocycles. The van der Waals surface area contributed by atoms with Crippen LogP contribution in [0.5, 0.6) is 0 Å². The van der Waals surface area contributed by atoms with E-state index in [2.05, 4.69) is 39.8 Å². The van der Waals surface area contributed by atoms with Crippen LogP contribution in [0, 0.1) is 0 Å². The summed E-state index contributed by atoms with van der Waals surface area (Å²) in [6.45, 7) is 4.03. The maximum absolute atomic E-state index is 9.58. The smallest absolute Gasteiger partial charge is 0.129 e. The van der Waals surface area contributed by atoms with Crippen molar-refractivity contribution in [2.75, 3.05) is 31.2 Å². The van der Waals surface area contributed by atoms with E-state index < -0.39 is 0 Å². The molecule has 24 heavy (non-hydrogen) atoms. The highest BCUT2D eigenvalue weighted by molar-refractivity contribution is 5.83. The lowest BCUT2D eigenvalue weighted by atomic mass is 10.2. The monoisotopic (exact) mass is 323 g/mol. The lowest BCUT2D eigenvalue weighted by Gasteiger charge is -2.28. The number of hydrogen-bond donors (Lipinski definition) is 1. The number of aliphatic hydroxyl groups excluding tert-OH is 1. The van der Waals surface area contributed by atoms with E-state index in [0.29, 0.717) is 6.54 Å². The largest absolute Gasteiger partial charge is 0.392 e. The molecular weight excluding hydrogens is 302 g/mol. The van der Waals surface area contributed by atoms with Crippen LogP contribution in [0.4, 0.5) is 5.82 Å². The first-order valence-corrected chi connectivity index (χ1v) is 8.31. The average Bonchev–Trinajstić information content (AvgIpc) is 3.01. The van der Waals surface area contributed by atoms with Gasteiger partial charge in [-0.25, -0.2) is 4.98 Å². The van der Waals surface area contributed by atoms with Crippen LogP contribution in [-0.2, 0) is 17.9 Å². The van der Waals surface area contributed by atoms with Crippen LogP contribution in [0.2, 0.25) is 0 Å². The molecule has 5 nitrogen and oxygen atoms in total. The van der Waals surface area contributed by atoms with Gasteiger partial charge in [-0.05, 0) is 18.2 Å². The molecule has 4 rings (SSSR count). The van der Waals surface area contributed by atoms with E-state index in [4.69, 9.17) is 9.72 Å². The molecule has 1 fully saturated rings. The molecular formula is C19H21N3O2. The van der Waals surface area contributed by atoms with Gasteiger partial charge in [0.1, 0.15) is 5.82 Å². The highest BCUT2D eigenvalue weighted by Gasteiger charge is 2.13. The topological polar surface area (TPSA) is 50.5 Å². The van der Waals surface area contributed by atoms with Crippen molar-refractivity contribution in [2.24, 2.45) is 0 Å². The lowest BCUT2D eigenvalue weighted by Crippen LogP contribution is -2.36. The van der Waals surface area contributed by atoms with E-state index in [9.17, 15) is 5.11 Å². The summed E-state index contributed by atoms with van der Waals surface area (Å²) in [6, 6.07) is 14.3. The molecule has 1 aliphatic rings. The Bertz CT molecular complexity index is 837. The number of aromatic nitrogens is 2. The van der Waals surface area contributed by atoms with Gasteiger partial charge in [0.2, 0.25) is 0 Å². The number of morpholine rings is 1. The molecule has 1 aromatic carbocycles. The first-order valence-electron chi connectivity index (χ1n) is 8.31. The standard InChI is InChI=1S/C19H21N3O2/c23-14-15-12-22(18-6-2-1-5-17(15)18)13-16-4-3-7-19(20-16)21-8-10-24-11-9-21/h1-7,12,23H,8-11,13-14H2. The zero-order valence-electron chi connectivity index (χ0n) is 13.6. The summed E-state index contributed by atoms with van der Waals surface area (Å²) in [4.78, 5) is 7.08. The van der Waals surface area contributed by atoms with Crippen LogP contribution in [0.25, 0.3) is 10.9 Å². The Labute approximate surface area is 141 Å². The number of ether oxygens (including phenoxy) is 1. The highest BCUT2D eigenvalue weighted by Crippen LogP contribution is 2.22. The fraction of sp³-hybridized carbons (Fsp3) is 0.316. The first-order chi connectivity index (χ1) is 11.8. The third-order valence-electron chi connectivity index (χ3n) is 4.50. The number of aliphatic hydroxyl groups is 1. The number of para-hydroxylation sites is 1. The van der Waals surface area contributed by atoms with Gasteiger partial charge in [0.15, 0.2) is 0 Å². The third kappa shape index (κ3) is 2.88. The Morgan fingerprint density at radius 3 is 2.71 bits per heavy atom.